The van der Waals surface area contributed by atoms with E-state index in [1.165, 1.54) is 0 Å². The molecule has 0 aliphatic rings. The SMILES string of the molecule is CCNCc1ccccc1NC(=O)c1ccccc1SC. The highest BCUT2D eigenvalue weighted by Crippen LogP contribution is 2.22. The molecule has 0 aromatic heterocycles. The second-order valence-electron chi connectivity index (χ2n) is 4.59. The Morgan fingerprint density at radius 3 is 2.57 bits per heavy atom. The summed E-state index contributed by atoms with van der Waals surface area (Å²) in [5, 5.41) is 6.30. The van der Waals surface area contributed by atoms with E-state index in [9.17, 15) is 4.79 Å². The fourth-order valence-electron chi connectivity index (χ4n) is 2.08. The summed E-state index contributed by atoms with van der Waals surface area (Å²) >= 11 is 1.58. The van der Waals surface area contributed by atoms with Crippen LogP contribution in [0.4, 0.5) is 5.69 Å². The van der Waals surface area contributed by atoms with E-state index in [1.807, 2.05) is 54.8 Å². The lowest BCUT2D eigenvalue weighted by Gasteiger charge is -2.12. The van der Waals surface area contributed by atoms with E-state index >= 15 is 0 Å². The summed E-state index contributed by atoms with van der Waals surface area (Å²) < 4.78 is 0. The third-order valence-electron chi connectivity index (χ3n) is 3.18. The van der Waals surface area contributed by atoms with Gasteiger partial charge in [-0.1, -0.05) is 37.3 Å². The van der Waals surface area contributed by atoms with Gasteiger partial charge < -0.3 is 10.6 Å². The number of para-hydroxylation sites is 1. The smallest absolute Gasteiger partial charge is 0.256 e. The van der Waals surface area contributed by atoms with E-state index in [0.717, 1.165) is 29.2 Å². The van der Waals surface area contributed by atoms with Crippen LogP contribution in [0.2, 0.25) is 0 Å². The van der Waals surface area contributed by atoms with Crippen LogP contribution in [0.15, 0.2) is 53.4 Å². The molecule has 0 radical (unpaired) electrons. The topological polar surface area (TPSA) is 41.1 Å². The van der Waals surface area contributed by atoms with Gasteiger partial charge in [0.2, 0.25) is 0 Å². The largest absolute Gasteiger partial charge is 0.322 e. The molecule has 21 heavy (non-hydrogen) atoms. The highest BCUT2D eigenvalue weighted by atomic mass is 32.2. The maximum absolute atomic E-state index is 12.5. The van der Waals surface area contributed by atoms with Crippen molar-refractivity contribution in [1.82, 2.24) is 5.32 Å². The minimum absolute atomic E-state index is 0.0658. The van der Waals surface area contributed by atoms with Gasteiger partial charge in [-0.05, 0) is 36.6 Å². The fraction of sp³-hybridized carbons (Fsp3) is 0.235. The first-order chi connectivity index (χ1) is 10.3. The molecule has 0 aliphatic carbocycles. The zero-order chi connectivity index (χ0) is 15.1. The summed E-state index contributed by atoms with van der Waals surface area (Å²) in [5.41, 5.74) is 2.66. The number of benzene rings is 2. The van der Waals surface area contributed by atoms with Gasteiger partial charge in [-0.15, -0.1) is 11.8 Å². The second kappa shape index (κ2) is 7.86. The van der Waals surface area contributed by atoms with E-state index in [0.29, 0.717) is 5.56 Å². The van der Waals surface area contributed by atoms with Gasteiger partial charge in [0.15, 0.2) is 0 Å². The summed E-state index contributed by atoms with van der Waals surface area (Å²) in [7, 11) is 0. The number of carbonyl (C=O) groups excluding carboxylic acids is 1. The van der Waals surface area contributed by atoms with Crippen LogP contribution < -0.4 is 10.6 Å². The number of amides is 1. The van der Waals surface area contributed by atoms with E-state index in [-0.39, 0.29) is 5.91 Å². The van der Waals surface area contributed by atoms with Crippen molar-refractivity contribution >= 4 is 23.4 Å². The highest BCUT2D eigenvalue weighted by molar-refractivity contribution is 7.98. The minimum atomic E-state index is -0.0658. The summed E-state index contributed by atoms with van der Waals surface area (Å²) in [4.78, 5) is 13.5. The average molecular weight is 300 g/mol. The highest BCUT2D eigenvalue weighted by Gasteiger charge is 2.12. The van der Waals surface area contributed by atoms with Gasteiger partial charge >= 0.3 is 0 Å². The van der Waals surface area contributed by atoms with Crippen LogP contribution >= 0.6 is 11.8 Å². The Morgan fingerprint density at radius 1 is 1.10 bits per heavy atom. The molecule has 0 spiro atoms. The molecule has 0 atom stereocenters. The van der Waals surface area contributed by atoms with Gasteiger partial charge in [-0.2, -0.15) is 0 Å². The third-order valence-corrected chi connectivity index (χ3v) is 3.98. The zero-order valence-corrected chi connectivity index (χ0v) is 13.2. The van der Waals surface area contributed by atoms with E-state index in [1.54, 1.807) is 11.8 Å². The van der Waals surface area contributed by atoms with Crippen molar-refractivity contribution in [3.05, 3.63) is 59.7 Å². The summed E-state index contributed by atoms with van der Waals surface area (Å²) in [5.74, 6) is -0.0658. The van der Waals surface area contributed by atoms with Crippen molar-refractivity contribution in [2.75, 3.05) is 18.1 Å². The molecule has 2 aromatic carbocycles. The van der Waals surface area contributed by atoms with Gasteiger partial charge in [0, 0.05) is 17.1 Å². The Hall–Kier alpha value is -1.78. The lowest BCUT2D eigenvalue weighted by atomic mass is 10.1. The van der Waals surface area contributed by atoms with Gasteiger partial charge in [0.25, 0.3) is 5.91 Å². The molecule has 0 saturated heterocycles. The maximum atomic E-state index is 12.5. The monoisotopic (exact) mass is 300 g/mol. The molecule has 110 valence electrons. The van der Waals surface area contributed by atoms with Crippen LogP contribution in [-0.2, 0) is 6.54 Å². The number of rotatable bonds is 6. The number of hydrogen-bond acceptors (Lipinski definition) is 3. The predicted octanol–water partition coefficient (Wildman–Crippen LogP) is 3.77. The quantitative estimate of drug-likeness (QED) is 0.798. The predicted molar refractivity (Wildman–Crippen MR) is 90.0 cm³/mol. The fourth-order valence-corrected chi connectivity index (χ4v) is 2.67. The Labute approximate surface area is 130 Å². The number of carbonyl (C=O) groups is 1. The molecule has 3 nitrogen and oxygen atoms in total. The standard InChI is InChI=1S/C17H20N2OS/c1-3-18-12-13-8-4-6-10-15(13)19-17(20)14-9-5-7-11-16(14)21-2/h4-11,18H,3,12H2,1-2H3,(H,19,20). The Bertz CT molecular complexity index is 613. The number of thioether (sulfide) groups is 1. The normalized spacial score (nSPS) is 10.4. The second-order valence-corrected chi connectivity index (χ2v) is 5.44. The maximum Gasteiger partial charge on any atom is 0.256 e. The third kappa shape index (κ3) is 4.09. The molecule has 2 N–H and O–H groups in total. The van der Waals surface area contributed by atoms with Gasteiger partial charge in [0.1, 0.15) is 0 Å². The number of nitrogens with one attached hydrogen (secondary N) is 2. The van der Waals surface area contributed by atoms with Crippen LogP contribution in [0, 0.1) is 0 Å². The average Bonchev–Trinajstić information content (AvgIpc) is 2.54. The number of hydrogen-bond donors (Lipinski definition) is 2. The molecule has 0 aliphatic heterocycles. The lowest BCUT2D eigenvalue weighted by Crippen LogP contribution is -2.17. The van der Waals surface area contributed by atoms with Crippen LogP contribution in [0.1, 0.15) is 22.8 Å². The molecule has 0 saturated carbocycles. The van der Waals surface area contributed by atoms with Crippen molar-refractivity contribution < 1.29 is 4.79 Å². The van der Waals surface area contributed by atoms with Crippen molar-refractivity contribution in [2.24, 2.45) is 0 Å². The Balaban J connectivity index is 2.19. The van der Waals surface area contributed by atoms with Crippen LogP contribution in [0.25, 0.3) is 0 Å². The van der Waals surface area contributed by atoms with Gasteiger partial charge in [-0.25, -0.2) is 0 Å². The molecule has 0 fully saturated rings. The Morgan fingerprint density at radius 2 is 1.81 bits per heavy atom. The number of anilines is 1. The lowest BCUT2D eigenvalue weighted by molar-refractivity contribution is 0.102. The molecule has 4 heteroatoms. The minimum Gasteiger partial charge on any atom is -0.322 e. The molecular weight excluding hydrogens is 280 g/mol. The molecule has 0 unspecified atom stereocenters. The van der Waals surface area contributed by atoms with Gasteiger partial charge in [-0.3, -0.25) is 4.79 Å². The first-order valence-corrected chi connectivity index (χ1v) is 8.21. The summed E-state index contributed by atoms with van der Waals surface area (Å²) in [6.07, 6.45) is 1.98. The molecule has 0 bridgehead atoms. The van der Waals surface area contributed by atoms with E-state index in [2.05, 4.69) is 17.6 Å². The summed E-state index contributed by atoms with van der Waals surface area (Å²) in [6.45, 7) is 3.71. The van der Waals surface area contributed by atoms with E-state index < -0.39 is 0 Å². The first kappa shape index (κ1) is 15.6. The van der Waals surface area contributed by atoms with E-state index in [4.69, 9.17) is 0 Å². The molecule has 2 rings (SSSR count). The van der Waals surface area contributed by atoms with Crippen LogP contribution in [0.5, 0.6) is 0 Å². The van der Waals surface area contributed by atoms with Crippen LogP contribution in [0.3, 0.4) is 0 Å². The molecular formula is C17H20N2OS. The zero-order valence-electron chi connectivity index (χ0n) is 12.3. The van der Waals surface area contributed by atoms with Crippen molar-refractivity contribution in [3.8, 4) is 0 Å². The molecule has 2 aromatic rings. The van der Waals surface area contributed by atoms with Crippen molar-refractivity contribution in [1.29, 1.82) is 0 Å². The summed E-state index contributed by atoms with van der Waals surface area (Å²) in [6, 6.07) is 15.5. The van der Waals surface area contributed by atoms with Gasteiger partial charge in [0.05, 0.1) is 5.56 Å². The molecule has 1 amide bonds. The Kier molecular flexibility index (Phi) is 5.84. The van der Waals surface area contributed by atoms with Crippen molar-refractivity contribution in [3.63, 3.8) is 0 Å². The van der Waals surface area contributed by atoms with Crippen molar-refractivity contribution in [2.45, 2.75) is 18.4 Å². The molecule has 0 heterocycles. The first-order valence-electron chi connectivity index (χ1n) is 6.99. The van der Waals surface area contributed by atoms with Crippen LogP contribution in [-0.4, -0.2) is 18.7 Å².